The number of hydrogen-bond donors (Lipinski definition) is 7. The minimum atomic E-state index is -1.77. The van der Waals surface area contributed by atoms with Gasteiger partial charge in [-0.05, 0) is 83.5 Å². The summed E-state index contributed by atoms with van der Waals surface area (Å²) in [6.07, 6.45) is 39.5. The molecule has 7 N–H and O–H groups in total. The SMILES string of the molecule is CCCCC/C=C/C/C=C/C/C=C/C/C=C/CCCCCC(=O)O[C@@H](COC(=O)CCCCCCCCCCCCC/C=C/CCCCCCCC)CO[C@@H]1O[C@H](CO[C@@H]2O[C@H](CO)[C@H](O)C(O)C2O)[C@H](O)C(O)C1O. The summed E-state index contributed by atoms with van der Waals surface area (Å²) in [6, 6.07) is 0. The Hall–Kier alpha value is -2.80. The molecule has 2 rings (SSSR count). The van der Waals surface area contributed by atoms with E-state index in [1.807, 2.05) is 0 Å². The minimum Gasteiger partial charge on any atom is -0.462 e. The Morgan fingerprint density at radius 3 is 1.29 bits per heavy atom. The summed E-state index contributed by atoms with van der Waals surface area (Å²) in [6.45, 7) is 2.55. The summed E-state index contributed by atoms with van der Waals surface area (Å²) < 4.78 is 33.7. The van der Waals surface area contributed by atoms with Gasteiger partial charge in [0, 0.05) is 12.8 Å². The third-order valence-corrected chi connectivity index (χ3v) is 14.0. The van der Waals surface area contributed by atoms with Crippen molar-refractivity contribution in [2.45, 2.75) is 287 Å². The summed E-state index contributed by atoms with van der Waals surface area (Å²) in [5.41, 5.74) is 0. The molecule has 0 spiro atoms. The number of rotatable bonds is 47. The molecular weight excluding hydrogens is 973 g/mol. The maximum Gasteiger partial charge on any atom is 0.306 e. The molecule has 0 saturated carbocycles. The van der Waals surface area contributed by atoms with E-state index in [1.54, 1.807) is 0 Å². The van der Waals surface area contributed by atoms with Gasteiger partial charge in [-0.3, -0.25) is 9.59 Å². The van der Waals surface area contributed by atoms with Crippen LogP contribution in [0.4, 0.5) is 0 Å². The number of ether oxygens (including phenoxy) is 6. The van der Waals surface area contributed by atoms with Crippen LogP contribution in [0.3, 0.4) is 0 Å². The fourth-order valence-corrected chi connectivity index (χ4v) is 9.08. The molecule has 440 valence electrons. The van der Waals surface area contributed by atoms with E-state index in [0.717, 1.165) is 64.2 Å². The number of hydrogen-bond acceptors (Lipinski definition) is 15. The second-order valence-electron chi connectivity index (χ2n) is 20.8. The maximum absolute atomic E-state index is 13.1. The van der Waals surface area contributed by atoms with Crippen molar-refractivity contribution in [3.05, 3.63) is 60.8 Å². The first-order valence-corrected chi connectivity index (χ1v) is 29.9. The first-order chi connectivity index (χ1) is 37.0. The van der Waals surface area contributed by atoms with Crippen LogP contribution in [-0.4, -0.2) is 142 Å². The van der Waals surface area contributed by atoms with Crippen LogP contribution in [0.15, 0.2) is 60.8 Å². The first kappa shape index (κ1) is 69.3. The molecule has 2 saturated heterocycles. The van der Waals surface area contributed by atoms with Crippen LogP contribution in [0.25, 0.3) is 0 Å². The van der Waals surface area contributed by atoms with E-state index in [9.17, 15) is 45.3 Å². The third-order valence-electron chi connectivity index (χ3n) is 14.0. The van der Waals surface area contributed by atoms with Gasteiger partial charge in [-0.15, -0.1) is 0 Å². The Morgan fingerprint density at radius 1 is 0.421 bits per heavy atom. The topological polar surface area (TPSA) is 231 Å². The molecule has 15 heteroatoms. The van der Waals surface area contributed by atoms with Crippen molar-refractivity contribution in [1.29, 1.82) is 0 Å². The van der Waals surface area contributed by atoms with Crippen LogP contribution in [0.2, 0.25) is 0 Å². The van der Waals surface area contributed by atoms with E-state index in [0.29, 0.717) is 12.8 Å². The molecule has 4 unspecified atom stereocenters. The Labute approximate surface area is 458 Å². The highest BCUT2D eigenvalue weighted by Crippen LogP contribution is 2.27. The van der Waals surface area contributed by atoms with Crippen molar-refractivity contribution in [2.24, 2.45) is 0 Å². The van der Waals surface area contributed by atoms with E-state index < -0.39 is 99.3 Å². The Bertz CT molecular complexity index is 1550. The molecule has 0 bridgehead atoms. The van der Waals surface area contributed by atoms with E-state index in [1.165, 1.54) is 116 Å². The number of carbonyl (C=O) groups is 2. The van der Waals surface area contributed by atoms with E-state index in [-0.39, 0.29) is 19.4 Å². The molecule has 2 fully saturated rings. The highest BCUT2D eigenvalue weighted by atomic mass is 16.7. The standard InChI is InChI=1S/C61H106O15/c1-3-5-7-9-11-13-15-17-19-21-23-24-26-27-29-31-33-35-37-39-41-43-52(63)71-46-49(74-53(64)44-42-40-38-36-34-32-30-28-25-22-20-18-16-14-12-10-8-6-4-2)47-72-60-59(70)57(68)55(66)51(76-60)48-73-61-58(69)56(67)54(65)50(45-62)75-61/h12,14,17-20,25,28,32,34,49-51,54-62,65-70H,3-11,13,15-16,21-24,26-27,29-31,33,35-48H2,1-2H3/b14-12+,19-17+,20-18+,28-25+,34-32+/t49-,50+,51+,54-,55-,56?,57?,58?,59?,60+,61+/m0/s1. The van der Waals surface area contributed by atoms with Gasteiger partial charge >= 0.3 is 11.9 Å². The second-order valence-corrected chi connectivity index (χ2v) is 20.8. The number of carbonyl (C=O) groups excluding carboxylic acids is 2. The van der Waals surface area contributed by atoms with Crippen LogP contribution in [0.1, 0.15) is 219 Å². The Kier molecular flexibility index (Phi) is 42.9. The Morgan fingerprint density at radius 2 is 0.789 bits per heavy atom. The van der Waals surface area contributed by atoms with Crippen molar-refractivity contribution in [1.82, 2.24) is 0 Å². The van der Waals surface area contributed by atoms with Crippen LogP contribution in [0.5, 0.6) is 0 Å². The van der Waals surface area contributed by atoms with Crippen molar-refractivity contribution in [2.75, 3.05) is 26.4 Å². The molecule has 76 heavy (non-hydrogen) atoms. The summed E-state index contributed by atoms with van der Waals surface area (Å²) in [7, 11) is 0. The summed E-state index contributed by atoms with van der Waals surface area (Å²) in [4.78, 5) is 25.9. The maximum atomic E-state index is 13.1. The molecule has 0 aromatic rings. The fourth-order valence-electron chi connectivity index (χ4n) is 9.08. The Balaban J connectivity index is 1.76. The van der Waals surface area contributed by atoms with Gasteiger partial charge in [-0.1, -0.05) is 184 Å². The van der Waals surface area contributed by atoms with Gasteiger partial charge in [0.15, 0.2) is 18.7 Å². The molecule has 0 aromatic carbocycles. The highest BCUT2D eigenvalue weighted by molar-refractivity contribution is 5.70. The summed E-state index contributed by atoms with van der Waals surface area (Å²) in [5, 5.41) is 72.3. The molecule has 0 aliphatic carbocycles. The highest BCUT2D eigenvalue weighted by Gasteiger charge is 2.47. The van der Waals surface area contributed by atoms with Gasteiger partial charge in [0.2, 0.25) is 0 Å². The van der Waals surface area contributed by atoms with Crippen LogP contribution in [-0.2, 0) is 38.0 Å². The van der Waals surface area contributed by atoms with Crippen LogP contribution < -0.4 is 0 Å². The average molecular weight is 1080 g/mol. The number of aliphatic hydroxyl groups excluding tert-OH is 7. The molecule has 11 atom stereocenters. The lowest BCUT2D eigenvalue weighted by molar-refractivity contribution is -0.332. The van der Waals surface area contributed by atoms with Gasteiger partial charge in [0.25, 0.3) is 0 Å². The first-order valence-electron chi connectivity index (χ1n) is 29.9. The van der Waals surface area contributed by atoms with Crippen molar-refractivity contribution < 1.29 is 73.8 Å². The molecule has 2 heterocycles. The molecule has 0 amide bonds. The van der Waals surface area contributed by atoms with Gasteiger partial charge < -0.3 is 64.2 Å². The van der Waals surface area contributed by atoms with Crippen LogP contribution in [0, 0.1) is 0 Å². The van der Waals surface area contributed by atoms with Gasteiger partial charge in [0.1, 0.15) is 55.4 Å². The zero-order chi connectivity index (χ0) is 55.3. The van der Waals surface area contributed by atoms with E-state index >= 15 is 0 Å². The minimum absolute atomic E-state index is 0.126. The normalized spacial score (nSPS) is 24.8. The van der Waals surface area contributed by atoms with Crippen molar-refractivity contribution in [3.8, 4) is 0 Å². The molecule has 15 nitrogen and oxygen atoms in total. The second kappa shape index (κ2) is 47.1. The van der Waals surface area contributed by atoms with E-state index in [2.05, 4.69) is 74.6 Å². The quantitative estimate of drug-likeness (QED) is 0.0171. The zero-order valence-electron chi connectivity index (χ0n) is 47.0. The number of esters is 2. The van der Waals surface area contributed by atoms with E-state index in [4.69, 9.17) is 28.4 Å². The molecule has 2 aliphatic rings. The largest absolute Gasteiger partial charge is 0.462 e. The summed E-state index contributed by atoms with van der Waals surface area (Å²) in [5.74, 6) is -0.959. The zero-order valence-corrected chi connectivity index (χ0v) is 47.0. The lowest BCUT2D eigenvalue weighted by atomic mass is 9.98. The molecular formula is C61H106O15. The monoisotopic (exact) mass is 1080 g/mol. The smallest absolute Gasteiger partial charge is 0.306 e. The van der Waals surface area contributed by atoms with Gasteiger partial charge in [0.05, 0.1) is 19.8 Å². The predicted octanol–water partition coefficient (Wildman–Crippen LogP) is 10.4. The van der Waals surface area contributed by atoms with Crippen LogP contribution >= 0.6 is 0 Å². The van der Waals surface area contributed by atoms with Gasteiger partial charge in [-0.25, -0.2) is 0 Å². The van der Waals surface area contributed by atoms with Crippen molar-refractivity contribution in [3.63, 3.8) is 0 Å². The lowest BCUT2D eigenvalue weighted by Gasteiger charge is -2.42. The average Bonchev–Trinajstić information content (AvgIpc) is 3.41. The van der Waals surface area contributed by atoms with Gasteiger partial charge in [-0.2, -0.15) is 0 Å². The third kappa shape index (κ3) is 33.6. The number of unbranched alkanes of at least 4 members (excludes halogenated alkanes) is 23. The lowest BCUT2D eigenvalue weighted by Crippen LogP contribution is -2.61. The van der Waals surface area contributed by atoms with Crippen molar-refractivity contribution >= 4 is 11.9 Å². The summed E-state index contributed by atoms with van der Waals surface area (Å²) >= 11 is 0. The molecule has 0 radical (unpaired) electrons. The molecule has 2 aliphatic heterocycles. The number of aliphatic hydroxyl groups is 7. The fraction of sp³-hybridized carbons (Fsp3) is 0.803. The number of allylic oxidation sites excluding steroid dienone is 10. The predicted molar refractivity (Wildman–Crippen MR) is 298 cm³/mol. The molecule has 0 aromatic heterocycles.